The van der Waals surface area contributed by atoms with Gasteiger partial charge in [-0.25, -0.2) is 0 Å². The van der Waals surface area contributed by atoms with Crippen LogP contribution in [0.25, 0.3) is 0 Å². The van der Waals surface area contributed by atoms with Gasteiger partial charge in [0.15, 0.2) is 5.96 Å². The zero-order chi connectivity index (χ0) is 18.5. The van der Waals surface area contributed by atoms with Crippen molar-refractivity contribution in [2.24, 2.45) is 4.99 Å². The summed E-state index contributed by atoms with van der Waals surface area (Å²) in [6, 6.07) is 11.7. The molecule has 0 aromatic heterocycles. The van der Waals surface area contributed by atoms with Gasteiger partial charge in [-0.15, -0.1) is 0 Å². The van der Waals surface area contributed by atoms with Crippen LogP contribution in [0.3, 0.4) is 0 Å². The maximum absolute atomic E-state index is 4.73. The average molecular weight is 347 g/mol. The van der Waals surface area contributed by atoms with Crippen LogP contribution >= 0.6 is 0 Å². The van der Waals surface area contributed by atoms with Crippen LogP contribution in [0.15, 0.2) is 35.3 Å². The van der Waals surface area contributed by atoms with Crippen molar-refractivity contribution >= 4 is 5.96 Å². The molecule has 25 heavy (non-hydrogen) atoms. The average Bonchev–Trinajstić information content (AvgIpc) is 2.60. The zero-order valence-electron chi connectivity index (χ0n) is 16.9. The summed E-state index contributed by atoms with van der Waals surface area (Å²) in [6.45, 7) is 11.7. The number of aliphatic imine (C=N–C) groups is 1. The molecule has 0 heterocycles. The monoisotopic (exact) mass is 346 g/mol. The molecule has 0 spiro atoms. The lowest BCUT2D eigenvalue weighted by Crippen LogP contribution is -2.42. The van der Waals surface area contributed by atoms with Gasteiger partial charge in [0.25, 0.3) is 0 Å². The number of hydrogen-bond donors (Lipinski definition) is 2. The largest absolute Gasteiger partial charge is 0.357 e. The summed E-state index contributed by atoms with van der Waals surface area (Å²) in [6.07, 6.45) is 4.52. The Morgan fingerprint density at radius 3 is 2.48 bits per heavy atom. The first-order valence-corrected chi connectivity index (χ1v) is 9.82. The van der Waals surface area contributed by atoms with E-state index in [2.05, 4.69) is 80.6 Å². The highest BCUT2D eigenvalue weighted by atomic mass is 15.2. The highest BCUT2D eigenvalue weighted by Gasteiger charge is 2.06. The number of benzene rings is 1. The van der Waals surface area contributed by atoms with Gasteiger partial charge in [0.1, 0.15) is 0 Å². The lowest BCUT2D eigenvalue weighted by molar-refractivity contribution is 0.269. The van der Waals surface area contributed by atoms with E-state index < -0.39 is 0 Å². The first-order chi connectivity index (χ1) is 12.0. The molecule has 1 rings (SSSR count). The first-order valence-electron chi connectivity index (χ1n) is 9.82. The maximum Gasteiger partial charge on any atom is 0.191 e. The molecule has 0 radical (unpaired) electrons. The summed E-state index contributed by atoms with van der Waals surface area (Å²) >= 11 is 0. The van der Waals surface area contributed by atoms with Gasteiger partial charge in [-0.1, -0.05) is 30.3 Å². The van der Waals surface area contributed by atoms with Crippen molar-refractivity contribution in [1.82, 2.24) is 15.5 Å². The van der Waals surface area contributed by atoms with Crippen molar-refractivity contribution in [3.8, 4) is 0 Å². The fourth-order valence-corrected chi connectivity index (χ4v) is 2.58. The van der Waals surface area contributed by atoms with Crippen molar-refractivity contribution in [2.75, 3.05) is 26.7 Å². The molecule has 142 valence electrons. The van der Waals surface area contributed by atoms with Crippen LogP contribution in [0.2, 0.25) is 0 Å². The summed E-state index contributed by atoms with van der Waals surface area (Å²) < 4.78 is 0. The van der Waals surface area contributed by atoms with Gasteiger partial charge in [0.2, 0.25) is 0 Å². The van der Waals surface area contributed by atoms with E-state index in [-0.39, 0.29) is 0 Å². The second kappa shape index (κ2) is 12.8. The van der Waals surface area contributed by atoms with Gasteiger partial charge < -0.3 is 15.5 Å². The third kappa shape index (κ3) is 10.1. The normalized spacial score (nSPS) is 13.3. The van der Waals surface area contributed by atoms with E-state index >= 15 is 0 Å². The predicted octanol–water partition coefficient (Wildman–Crippen LogP) is 3.68. The molecular weight excluding hydrogens is 308 g/mol. The van der Waals surface area contributed by atoms with Crippen LogP contribution in [0.1, 0.15) is 52.5 Å². The minimum Gasteiger partial charge on any atom is -0.357 e. The smallest absolute Gasteiger partial charge is 0.191 e. The number of nitrogens with one attached hydrogen (secondary N) is 2. The van der Waals surface area contributed by atoms with Crippen molar-refractivity contribution < 1.29 is 0 Å². The molecule has 1 atom stereocenters. The molecule has 1 aromatic rings. The minimum atomic E-state index is 0.407. The molecule has 0 aliphatic carbocycles. The molecule has 2 N–H and O–H groups in total. The van der Waals surface area contributed by atoms with Gasteiger partial charge in [-0.05, 0) is 72.5 Å². The molecule has 0 saturated carbocycles. The van der Waals surface area contributed by atoms with Gasteiger partial charge in [-0.3, -0.25) is 4.99 Å². The second-order valence-corrected chi connectivity index (χ2v) is 7.11. The van der Waals surface area contributed by atoms with Crippen molar-refractivity contribution in [3.05, 3.63) is 35.9 Å². The zero-order valence-corrected chi connectivity index (χ0v) is 16.9. The van der Waals surface area contributed by atoms with Crippen LogP contribution in [-0.4, -0.2) is 49.6 Å². The van der Waals surface area contributed by atoms with Gasteiger partial charge in [-0.2, -0.15) is 0 Å². The maximum atomic E-state index is 4.73. The fraction of sp³-hybridized carbons (Fsp3) is 0.667. The van der Waals surface area contributed by atoms with E-state index in [0.29, 0.717) is 12.1 Å². The van der Waals surface area contributed by atoms with E-state index in [1.165, 1.54) is 12.0 Å². The Balaban J connectivity index is 2.31. The van der Waals surface area contributed by atoms with Crippen LogP contribution in [0, 0.1) is 0 Å². The molecule has 0 fully saturated rings. The molecular formula is C21H38N4. The summed E-state index contributed by atoms with van der Waals surface area (Å²) in [4.78, 5) is 7.11. The number of hydrogen-bond acceptors (Lipinski definition) is 2. The lowest BCUT2D eigenvalue weighted by Gasteiger charge is -2.20. The number of rotatable bonds is 11. The van der Waals surface area contributed by atoms with Crippen molar-refractivity contribution in [2.45, 2.75) is 65.5 Å². The molecule has 0 aliphatic heterocycles. The van der Waals surface area contributed by atoms with Crippen LogP contribution in [0.4, 0.5) is 0 Å². The predicted molar refractivity (Wildman–Crippen MR) is 110 cm³/mol. The molecule has 0 aliphatic rings. The van der Waals surface area contributed by atoms with Crippen LogP contribution in [-0.2, 0) is 6.42 Å². The van der Waals surface area contributed by atoms with E-state index in [0.717, 1.165) is 44.9 Å². The molecule has 0 amide bonds. The third-order valence-electron chi connectivity index (χ3n) is 4.51. The van der Waals surface area contributed by atoms with E-state index in [9.17, 15) is 0 Å². The second-order valence-electron chi connectivity index (χ2n) is 7.11. The fourth-order valence-electron chi connectivity index (χ4n) is 2.58. The Labute approximate surface area is 155 Å². The Morgan fingerprint density at radius 1 is 1.12 bits per heavy atom. The Hall–Kier alpha value is -1.55. The molecule has 0 saturated heterocycles. The van der Waals surface area contributed by atoms with Gasteiger partial charge in [0, 0.05) is 25.2 Å². The van der Waals surface area contributed by atoms with E-state index in [1.807, 2.05) is 0 Å². The SMILES string of the molecule is CCNC(=NCCCCN(C)C(C)C)NC(C)CCc1ccccc1. The highest BCUT2D eigenvalue weighted by Crippen LogP contribution is 2.05. The summed E-state index contributed by atoms with van der Waals surface area (Å²) in [5.74, 6) is 0.945. The number of guanidine groups is 1. The summed E-state index contributed by atoms with van der Waals surface area (Å²) in [7, 11) is 2.19. The van der Waals surface area contributed by atoms with Gasteiger partial charge >= 0.3 is 0 Å². The minimum absolute atomic E-state index is 0.407. The van der Waals surface area contributed by atoms with E-state index in [4.69, 9.17) is 4.99 Å². The molecule has 4 nitrogen and oxygen atoms in total. The summed E-state index contributed by atoms with van der Waals surface area (Å²) in [5, 5.41) is 6.89. The Morgan fingerprint density at radius 2 is 1.84 bits per heavy atom. The molecule has 4 heteroatoms. The number of nitrogens with zero attached hydrogens (tertiary/aromatic N) is 2. The van der Waals surface area contributed by atoms with Crippen molar-refractivity contribution in [3.63, 3.8) is 0 Å². The molecule has 0 bridgehead atoms. The first kappa shape index (κ1) is 21.5. The highest BCUT2D eigenvalue weighted by molar-refractivity contribution is 5.80. The lowest BCUT2D eigenvalue weighted by atomic mass is 10.1. The molecule has 1 aromatic carbocycles. The van der Waals surface area contributed by atoms with Crippen LogP contribution in [0.5, 0.6) is 0 Å². The molecule has 1 unspecified atom stereocenters. The summed E-state index contributed by atoms with van der Waals surface area (Å²) in [5.41, 5.74) is 1.40. The standard InChI is InChI=1S/C21H38N4/c1-6-22-21(23-16-10-11-17-25(5)18(2)3)24-19(4)14-15-20-12-8-7-9-13-20/h7-9,12-13,18-19H,6,10-11,14-17H2,1-5H3,(H2,22,23,24). The number of unbranched alkanes of at least 4 members (excludes halogenated alkanes) is 1. The topological polar surface area (TPSA) is 39.7 Å². The quantitative estimate of drug-likeness (QED) is 0.365. The third-order valence-corrected chi connectivity index (χ3v) is 4.51. The van der Waals surface area contributed by atoms with Crippen LogP contribution < -0.4 is 10.6 Å². The number of aryl methyl sites for hydroxylation is 1. The van der Waals surface area contributed by atoms with E-state index in [1.54, 1.807) is 0 Å². The Bertz CT molecular complexity index is 470. The van der Waals surface area contributed by atoms with Gasteiger partial charge in [0.05, 0.1) is 0 Å². The van der Waals surface area contributed by atoms with Crippen molar-refractivity contribution in [1.29, 1.82) is 0 Å². The Kier molecular flexibility index (Phi) is 11.0.